The van der Waals surface area contributed by atoms with Gasteiger partial charge in [-0.2, -0.15) is 132 Å². The number of alkyl halides is 30. The first-order valence-corrected chi connectivity index (χ1v) is 53.8. The maximum Gasteiger partial charge on any atom is 0.395 e. The third-order valence-electron chi connectivity index (χ3n) is 36.4. The molecular formula is C113H216F30. The molecule has 0 saturated heterocycles. The van der Waals surface area contributed by atoms with Crippen LogP contribution >= 0.6 is 0 Å². The smallest absolute Gasteiger partial charge is 0.171 e. The number of rotatable bonds is 41. The highest BCUT2D eigenvalue weighted by molar-refractivity contribution is 5.02. The van der Waals surface area contributed by atoms with Crippen molar-refractivity contribution in [1.82, 2.24) is 0 Å². The molecule has 0 aromatic rings. The van der Waals surface area contributed by atoms with Crippen molar-refractivity contribution in [2.75, 3.05) is 0 Å². The molecule has 0 aliphatic rings. The van der Waals surface area contributed by atoms with E-state index in [1.165, 1.54) is 69.2 Å². The molecule has 0 nitrogen and oxygen atoms in total. The monoisotopic (exact) mass is 2140 g/mol. The summed E-state index contributed by atoms with van der Waals surface area (Å²) in [5.41, 5.74) is -17.5. The van der Waals surface area contributed by atoms with Crippen LogP contribution in [0.25, 0.3) is 0 Å². The van der Waals surface area contributed by atoms with Gasteiger partial charge in [-0.15, -0.1) is 0 Å². The highest BCUT2D eigenvalue weighted by Crippen LogP contribution is 2.63. The van der Waals surface area contributed by atoms with E-state index in [1.54, 1.807) is 118 Å². The summed E-state index contributed by atoms with van der Waals surface area (Å²) >= 11 is 0. The van der Waals surface area contributed by atoms with E-state index in [2.05, 4.69) is 0 Å². The van der Waals surface area contributed by atoms with Crippen molar-refractivity contribution in [3.05, 3.63) is 0 Å². The van der Waals surface area contributed by atoms with E-state index >= 15 is 0 Å². The fourth-order valence-corrected chi connectivity index (χ4v) is 23.1. The van der Waals surface area contributed by atoms with Crippen molar-refractivity contribution < 1.29 is 132 Å². The zero-order valence-corrected chi connectivity index (χ0v) is 99.6. The summed E-state index contributed by atoms with van der Waals surface area (Å²) in [7, 11) is 0. The Morgan fingerprint density at radius 2 is 0.385 bits per heavy atom. The van der Waals surface area contributed by atoms with E-state index in [0.29, 0.717) is 96.3 Å². The first-order valence-electron chi connectivity index (χ1n) is 53.8. The quantitative estimate of drug-likeness (QED) is 0.0535. The summed E-state index contributed by atoms with van der Waals surface area (Å²) in [5, 5.41) is 0. The Morgan fingerprint density at radius 3 is 0.497 bits per heavy atom. The van der Waals surface area contributed by atoms with Gasteiger partial charge in [0.1, 0.15) is 0 Å². The van der Waals surface area contributed by atoms with Gasteiger partial charge in [-0.3, -0.25) is 0 Å². The molecule has 0 fully saturated rings. The molecule has 0 amide bonds. The van der Waals surface area contributed by atoms with Gasteiger partial charge in [-0.1, -0.05) is 418 Å². The molecule has 0 N–H and O–H groups in total. The van der Waals surface area contributed by atoms with Crippen molar-refractivity contribution in [2.45, 2.75) is 563 Å². The zero-order valence-electron chi connectivity index (χ0n) is 99.6. The van der Waals surface area contributed by atoms with Crippen LogP contribution in [0, 0.1) is 165 Å². The summed E-state index contributed by atoms with van der Waals surface area (Å²) in [5.74, 6) is -3.13. The minimum atomic E-state index is -4.14. The molecule has 0 aromatic carbocycles. The van der Waals surface area contributed by atoms with Crippen molar-refractivity contribution >= 4 is 0 Å². The van der Waals surface area contributed by atoms with Crippen molar-refractivity contribution in [2.24, 2.45) is 165 Å². The Hall–Kier alpha value is -2.10. The second-order valence-electron chi connectivity index (χ2n) is 47.6. The first-order chi connectivity index (χ1) is 63.1. The number of hydrogen-bond acceptors (Lipinski definition) is 0. The van der Waals surface area contributed by atoms with Gasteiger partial charge in [-0.25, -0.2) is 0 Å². The maximum absolute atomic E-state index is 13.3. The Morgan fingerprint density at radius 1 is 0.161 bits per heavy atom. The van der Waals surface area contributed by atoms with Crippen LogP contribution in [0.3, 0.4) is 0 Å². The molecule has 0 saturated carbocycles. The topological polar surface area (TPSA) is 0 Å². The Balaban J connectivity index is -0.000000172. The molecule has 0 unspecified atom stereocenters. The predicted octanol–water partition coefficient (Wildman–Crippen LogP) is 47.8. The van der Waals surface area contributed by atoms with Crippen LogP contribution in [0.5, 0.6) is 0 Å². The lowest BCUT2D eigenvalue weighted by atomic mass is 9.57. The molecule has 0 aromatic heterocycles. The van der Waals surface area contributed by atoms with E-state index < -0.39 is 144 Å². The van der Waals surface area contributed by atoms with Gasteiger partial charge in [0.15, 0.2) is 0 Å². The minimum absolute atomic E-state index is 0.0361. The van der Waals surface area contributed by atoms with E-state index in [-0.39, 0.29) is 128 Å². The van der Waals surface area contributed by atoms with Crippen LogP contribution in [-0.2, 0) is 0 Å². The lowest BCUT2D eigenvalue weighted by molar-refractivity contribution is -0.275. The number of hydrogen-bond donors (Lipinski definition) is 0. The minimum Gasteiger partial charge on any atom is -0.171 e. The van der Waals surface area contributed by atoms with Gasteiger partial charge in [0.25, 0.3) is 0 Å². The largest absolute Gasteiger partial charge is 0.395 e. The molecule has 0 aliphatic heterocycles. The van der Waals surface area contributed by atoms with E-state index in [0.717, 1.165) is 0 Å². The lowest BCUT2D eigenvalue weighted by Crippen LogP contribution is -2.51. The normalized spacial score (nSPS) is 17.0. The van der Waals surface area contributed by atoms with Crippen molar-refractivity contribution in [3.8, 4) is 0 Å². The van der Waals surface area contributed by atoms with Gasteiger partial charge in [0.05, 0.1) is 54.1 Å². The lowest BCUT2D eigenvalue weighted by Gasteiger charge is -2.49. The second-order valence-corrected chi connectivity index (χ2v) is 47.6. The van der Waals surface area contributed by atoms with Crippen LogP contribution in [0.4, 0.5) is 132 Å². The third-order valence-corrected chi connectivity index (χ3v) is 36.4. The molecule has 143 heavy (non-hydrogen) atoms. The molecule has 0 aliphatic carbocycles. The summed E-state index contributed by atoms with van der Waals surface area (Å²) in [6.45, 7) is 88.6. The third kappa shape index (κ3) is 42.3. The average Bonchev–Trinajstić information content (AvgIpc) is 0.803. The molecule has 0 bridgehead atoms. The van der Waals surface area contributed by atoms with Crippen LogP contribution < -0.4 is 0 Å². The van der Waals surface area contributed by atoms with Crippen LogP contribution in [0.15, 0.2) is 0 Å². The fraction of sp³-hybridized carbons (Fsp3) is 1.00. The fourth-order valence-electron chi connectivity index (χ4n) is 23.1. The van der Waals surface area contributed by atoms with E-state index in [4.69, 9.17) is 0 Å². The molecule has 0 heterocycles. The molecule has 0 rings (SSSR count). The summed E-state index contributed by atoms with van der Waals surface area (Å²) < 4.78 is 390. The number of halogens is 30. The molecular weight excluding hydrogens is 1930 g/mol. The van der Waals surface area contributed by atoms with Gasteiger partial charge in [0.2, 0.25) is 0 Å². The van der Waals surface area contributed by atoms with Crippen molar-refractivity contribution in [3.63, 3.8) is 0 Å². The Bertz CT molecular complexity index is 3110. The second kappa shape index (κ2) is 63.7. The average molecular weight is 2140 g/mol. The molecule has 8 atom stereocenters. The van der Waals surface area contributed by atoms with E-state index in [1.807, 2.05) is 173 Å². The molecule has 878 valence electrons. The van der Waals surface area contributed by atoms with Crippen LogP contribution in [0.2, 0.25) is 0 Å². The molecule has 0 spiro atoms. The van der Waals surface area contributed by atoms with Crippen molar-refractivity contribution in [1.29, 1.82) is 0 Å². The SMILES string of the molecule is CC(C)C(C(C)C)[C@](C)(C(C)C)C(F)(F)F.CC(C)C(C)(C(C)C)C(F)(F)F.CCC(C)(CC)[C@](C)(C(C)C)C(F)(F)F.CCC(C)(CC)[C@](C)(CC)C(F)(F)F.CCC(CC)[C@](C)(C(C)C)C(F)(F)F.CCCC(C)(CCC)C(F)(F)F.CCC[C@@](C)(C(C(C)C)C(C)C)C(F)(F)F.CCC[C@@](C)(C(CC)CC)C(F)(F)F.CCC[C@](C)(C(F)(F)F)C(C)(CC)CC.CC[C@@](C)(C(C(C)C)C(C)C)C(F)(F)F. The van der Waals surface area contributed by atoms with Crippen LogP contribution in [0.1, 0.15) is 501 Å². The van der Waals surface area contributed by atoms with Crippen LogP contribution in [-0.4, -0.2) is 61.8 Å². The Kier molecular flexibility index (Phi) is 71.7. The first kappa shape index (κ1) is 161. The summed E-state index contributed by atoms with van der Waals surface area (Å²) in [6, 6.07) is 0. The standard InChI is InChI=1S/2C13H25F3.3C12H23F3.3C11H21F3.2C9H17F3/c1-8(2)11(9(3)4)12(7,10(5)6)13(14,15)16;1-7-8-12(6,13(14,15)16)11(9(2)3)10(4)5;1-7-10(5,8-2)11(6,9(3)4)12(13,14)15;1-7-11(6,12(13,14)15)10(8(2)3)9(4)5;1-6-9-11(5,12(13,14)15)10(4,7-2)8-3;1-6-9(4,7-2)10(5,8-3)11(12,13)14;1-6-9(7-2)10(5,8(3)4)11(12,13)14;1-5-8-10(4,11(12,13)14)9(6-2)7-3;1-6(2)8(5,7(3)4)9(10,11)12;1-4-6-8(3,7-5-2)9(10,11)12/h8-11H,1-7H3;9-11H,7-8H2,1-6H3;9H,7-8H2,1-6H3;8-10H,7H2,1-6H3;6-9H2,1-5H3;6-8H2,1-5H3;8-9H,6-7H2,1-5H3;9H,5-8H2,1-4H3;6-7H,1-5H3;4-7H2,1-3H3/t2*12-;3*11-;3*10-;;/m00000000../s1. The summed E-state index contributed by atoms with van der Waals surface area (Å²) in [4.78, 5) is 0. The Labute approximate surface area is 856 Å². The highest BCUT2D eigenvalue weighted by atomic mass is 19.4. The molecule has 0 radical (unpaired) electrons. The van der Waals surface area contributed by atoms with Gasteiger partial charge in [0, 0.05) is 0 Å². The zero-order chi connectivity index (χ0) is 118. The molecule has 30 heteroatoms. The maximum atomic E-state index is 13.3. The predicted molar refractivity (Wildman–Crippen MR) is 545 cm³/mol. The highest BCUT2D eigenvalue weighted by Gasteiger charge is 2.66. The van der Waals surface area contributed by atoms with Gasteiger partial charge >= 0.3 is 61.8 Å². The van der Waals surface area contributed by atoms with Gasteiger partial charge < -0.3 is 0 Å². The van der Waals surface area contributed by atoms with Gasteiger partial charge in [-0.05, 0) is 194 Å². The van der Waals surface area contributed by atoms with E-state index in [9.17, 15) is 132 Å². The summed E-state index contributed by atoms with van der Waals surface area (Å²) in [6.07, 6.45) is -30.9.